The summed E-state index contributed by atoms with van der Waals surface area (Å²) in [5, 5.41) is 6.94. The highest BCUT2D eigenvalue weighted by Gasteiger charge is 2.38. The standard InChI is InChI=1S/C12H21N3O2/c1-3-16-12(8-6-4-5-7-9-12)10-14-11(13-2)17-15-10/h3-9H2,1-2H3,(H,13,14,15). The van der Waals surface area contributed by atoms with Gasteiger partial charge in [0.05, 0.1) is 0 Å². The van der Waals surface area contributed by atoms with Gasteiger partial charge in [0.15, 0.2) is 0 Å². The summed E-state index contributed by atoms with van der Waals surface area (Å²) in [6, 6.07) is 0.461. The van der Waals surface area contributed by atoms with Crippen molar-refractivity contribution in [1.29, 1.82) is 0 Å². The third-order valence-corrected chi connectivity index (χ3v) is 3.38. The summed E-state index contributed by atoms with van der Waals surface area (Å²) in [5.41, 5.74) is -0.330. The van der Waals surface area contributed by atoms with E-state index in [9.17, 15) is 0 Å². The second-order valence-electron chi connectivity index (χ2n) is 4.51. The maximum absolute atomic E-state index is 5.98. The summed E-state index contributed by atoms with van der Waals surface area (Å²) in [5.74, 6) is 0.700. The molecule has 1 aliphatic carbocycles. The fourth-order valence-electron chi connectivity index (χ4n) is 2.52. The van der Waals surface area contributed by atoms with Gasteiger partial charge in [-0.2, -0.15) is 4.98 Å². The van der Waals surface area contributed by atoms with Gasteiger partial charge in [-0.25, -0.2) is 0 Å². The molecule has 0 amide bonds. The monoisotopic (exact) mass is 239 g/mol. The Kier molecular flexibility index (Phi) is 3.99. The molecule has 0 bridgehead atoms. The molecular formula is C12H21N3O2. The lowest BCUT2D eigenvalue weighted by molar-refractivity contribution is -0.0636. The van der Waals surface area contributed by atoms with Crippen LogP contribution in [0.3, 0.4) is 0 Å². The Bertz CT molecular complexity index is 343. The van der Waals surface area contributed by atoms with E-state index in [2.05, 4.69) is 15.5 Å². The van der Waals surface area contributed by atoms with E-state index >= 15 is 0 Å². The van der Waals surface area contributed by atoms with Crippen LogP contribution in [0.15, 0.2) is 4.52 Å². The molecule has 5 nitrogen and oxygen atoms in total. The van der Waals surface area contributed by atoms with Crippen molar-refractivity contribution in [3.05, 3.63) is 5.82 Å². The first-order valence-corrected chi connectivity index (χ1v) is 6.46. The van der Waals surface area contributed by atoms with Gasteiger partial charge < -0.3 is 14.6 Å². The van der Waals surface area contributed by atoms with Crippen LogP contribution in [0.25, 0.3) is 0 Å². The smallest absolute Gasteiger partial charge is 0.321 e. The second kappa shape index (κ2) is 5.49. The molecule has 5 heteroatoms. The van der Waals surface area contributed by atoms with Gasteiger partial charge in [0.25, 0.3) is 0 Å². The Balaban J connectivity index is 2.24. The SMILES string of the molecule is CCOC1(c2noc(NC)n2)CCCCCC1. The molecular weight excluding hydrogens is 218 g/mol. The molecule has 0 spiro atoms. The van der Waals surface area contributed by atoms with Crippen molar-refractivity contribution in [2.24, 2.45) is 0 Å². The minimum atomic E-state index is -0.330. The van der Waals surface area contributed by atoms with Crippen LogP contribution in [0.1, 0.15) is 51.3 Å². The third kappa shape index (κ3) is 2.60. The zero-order valence-electron chi connectivity index (χ0n) is 10.7. The molecule has 1 fully saturated rings. The zero-order chi connectivity index (χ0) is 12.1. The predicted molar refractivity (Wildman–Crippen MR) is 64.9 cm³/mol. The molecule has 1 aliphatic rings. The first-order chi connectivity index (χ1) is 8.30. The van der Waals surface area contributed by atoms with Crippen LogP contribution in [-0.2, 0) is 10.3 Å². The summed E-state index contributed by atoms with van der Waals surface area (Å²) < 4.78 is 11.1. The number of rotatable bonds is 4. The lowest BCUT2D eigenvalue weighted by Crippen LogP contribution is -2.30. The highest BCUT2D eigenvalue weighted by molar-refractivity contribution is 5.18. The Morgan fingerprint density at radius 2 is 2.00 bits per heavy atom. The lowest BCUT2D eigenvalue weighted by Gasteiger charge is -2.29. The van der Waals surface area contributed by atoms with Crippen LogP contribution in [0, 0.1) is 0 Å². The number of ether oxygens (including phenoxy) is 1. The quantitative estimate of drug-likeness (QED) is 0.818. The van der Waals surface area contributed by atoms with Gasteiger partial charge in [0.2, 0.25) is 5.82 Å². The zero-order valence-corrected chi connectivity index (χ0v) is 10.7. The maximum Gasteiger partial charge on any atom is 0.321 e. The van der Waals surface area contributed by atoms with Gasteiger partial charge in [0, 0.05) is 13.7 Å². The number of aromatic nitrogens is 2. The second-order valence-corrected chi connectivity index (χ2v) is 4.51. The average molecular weight is 239 g/mol. The predicted octanol–water partition coefficient (Wildman–Crippen LogP) is 2.70. The van der Waals surface area contributed by atoms with Gasteiger partial charge in [-0.05, 0) is 19.8 Å². The molecule has 1 N–H and O–H groups in total. The summed E-state index contributed by atoms with van der Waals surface area (Å²) in [4.78, 5) is 4.37. The number of nitrogens with one attached hydrogen (secondary N) is 1. The van der Waals surface area contributed by atoms with E-state index in [1.54, 1.807) is 7.05 Å². The molecule has 1 saturated carbocycles. The number of hydrogen-bond acceptors (Lipinski definition) is 5. The largest absolute Gasteiger partial charge is 0.367 e. The Labute approximate surface area is 102 Å². The van der Waals surface area contributed by atoms with Crippen LogP contribution in [-0.4, -0.2) is 23.8 Å². The number of hydrogen-bond donors (Lipinski definition) is 1. The minimum absolute atomic E-state index is 0.330. The number of nitrogens with zero attached hydrogens (tertiary/aromatic N) is 2. The molecule has 0 aliphatic heterocycles. The number of anilines is 1. The molecule has 2 rings (SSSR count). The normalized spacial score (nSPS) is 19.9. The molecule has 1 aromatic rings. The molecule has 0 aromatic carbocycles. The molecule has 1 aromatic heterocycles. The average Bonchev–Trinajstić information content (AvgIpc) is 2.71. The topological polar surface area (TPSA) is 60.2 Å². The van der Waals surface area contributed by atoms with Crippen molar-refractivity contribution >= 4 is 6.01 Å². The van der Waals surface area contributed by atoms with E-state index in [1.807, 2.05) is 6.92 Å². The van der Waals surface area contributed by atoms with Crippen LogP contribution in [0.5, 0.6) is 0 Å². The Hall–Kier alpha value is -1.10. The van der Waals surface area contributed by atoms with E-state index in [1.165, 1.54) is 25.7 Å². The van der Waals surface area contributed by atoms with E-state index in [4.69, 9.17) is 9.26 Å². The van der Waals surface area contributed by atoms with Gasteiger partial charge in [-0.3, -0.25) is 0 Å². The van der Waals surface area contributed by atoms with Gasteiger partial charge in [0.1, 0.15) is 5.60 Å². The molecule has 17 heavy (non-hydrogen) atoms. The van der Waals surface area contributed by atoms with Crippen LogP contribution >= 0.6 is 0 Å². The third-order valence-electron chi connectivity index (χ3n) is 3.38. The highest BCUT2D eigenvalue weighted by atomic mass is 16.5. The summed E-state index contributed by atoms with van der Waals surface area (Å²) >= 11 is 0. The van der Waals surface area contributed by atoms with Crippen molar-refractivity contribution in [3.8, 4) is 0 Å². The van der Waals surface area contributed by atoms with Gasteiger partial charge in [-0.15, -0.1) is 0 Å². The summed E-state index contributed by atoms with van der Waals surface area (Å²) in [6.45, 7) is 2.70. The van der Waals surface area contributed by atoms with Gasteiger partial charge >= 0.3 is 6.01 Å². The summed E-state index contributed by atoms with van der Waals surface area (Å²) in [7, 11) is 1.78. The van der Waals surface area contributed by atoms with E-state index in [0.717, 1.165) is 12.8 Å². The lowest BCUT2D eigenvalue weighted by atomic mass is 9.93. The first-order valence-electron chi connectivity index (χ1n) is 6.46. The first kappa shape index (κ1) is 12.4. The van der Waals surface area contributed by atoms with Crippen molar-refractivity contribution in [2.75, 3.05) is 19.0 Å². The Morgan fingerprint density at radius 3 is 2.53 bits per heavy atom. The fraction of sp³-hybridized carbons (Fsp3) is 0.833. The van der Waals surface area contributed by atoms with E-state index in [0.29, 0.717) is 18.4 Å². The minimum Gasteiger partial charge on any atom is -0.367 e. The Morgan fingerprint density at radius 1 is 1.29 bits per heavy atom. The van der Waals surface area contributed by atoms with Crippen molar-refractivity contribution in [2.45, 2.75) is 51.0 Å². The molecule has 0 saturated heterocycles. The molecule has 96 valence electrons. The van der Waals surface area contributed by atoms with Crippen LogP contribution in [0.4, 0.5) is 6.01 Å². The van der Waals surface area contributed by atoms with Crippen molar-refractivity contribution < 1.29 is 9.26 Å². The molecule has 0 radical (unpaired) electrons. The van der Waals surface area contributed by atoms with E-state index < -0.39 is 0 Å². The highest BCUT2D eigenvalue weighted by Crippen LogP contribution is 2.38. The summed E-state index contributed by atoms with van der Waals surface area (Å²) in [6.07, 6.45) is 6.86. The van der Waals surface area contributed by atoms with Crippen molar-refractivity contribution in [3.63, 3.8) is 0 Å². The van der Waals surface area contributed by atoms with Crippen LogP contribution in [0.2, 0.25) is 0 Å². The molecule has 1 heterocycles. The van der Waals surface area contributed by atoms with Crippen molar-refractivity contribution in [1.82, 2.24) is 10.1 Å². The molecule has 0 unspecified atom stereocenters. The van der Waals surface area contributed by atoms with E-state index in [-0.39, 0.29) is 5.60 Å². The maximum atomic E-state index is 5.98. The molecule has 0 atom stereocenters. The van der Waals surface area contributed by atoms with Crippen LogP contribution < -0.4 is 5.32 Å². The van der Waals surface area contributed by atoms with Gasteiger partial charge in [-0.1, -0.05) is 30.8 Å². The fourth-order valence-corrected chi connectivity index (χ4v) is 2.52.